The lowest BCUT2D eigenvalue weighted by atomic mass is 9.78. The number of nitrogens with zero attached hydrogens (tertiary/aromatic N) is 3. The van der Waals surface area contributed by atoms with Crippen LogP contribution in [0.25, 0.3) is 0 Å². The second-order valence-electron chi connectivity index (χ2n) is 9.03. The molecule has 3 rings (SSSR count). The molecule has 0 fully saturated rings. The van der Waals surface area contributed by atoms with E-state index in [1.165, 1.54) is 17.1 Å². The fourth-order valence-electron chi connectivity index (χ4n) is 4.28. The smallest absolute Gasteiger partial charge is 0.286 e. The van der Waals surface area contributed by atoms with E-state index in [2.05, 4.69) is 5.10 Å². The standard InChI is InChI=1S/C25H24ClF6N3O2S/c1-23(10-3-11-38-2)14-34(33-22(23)16-4-9-19(20(26)12-16)25(30,31)32)13-21(37)35(15-36)18-7-5-17(6-8-18)24(27,28)29/h4-9,12,15H,3,10-11,13-14H2,1-2H3. The molecule has 0 aromatic heterocycles. The predicted octanol–water partition coefficient (Wildman–Crippen LogP) is 6.74. The number of rotatable bonds is 9. The Kier molecular flexibility index (Phi) is 9.08. The zero-order valence-corrected chi connectivity index (χ0v) is 21.9. The van der Waals surface area contributed by atoms with E-state index in [1.807, 2.05) is 13.2 Å². The summed E-state index contributed by atoms with van der Waals surface area (Å²) in [6.45, 7) is 1.74. The summed E-state index contributed by atoms with van der Waals surface area (Å²) in [7, 11) is 0. The van der Waals surface area contributed by atoms with Crippen LogP contribution < -0.4 is 4.90 Å². The number of halogens is 7. The molecule has 1 heterocycles. The van der Waals surface area contributed by atoms with Crippen LogP contribution in [-0.4, -0.2) is 48.1 Å². The van der Waals surface area contributed by atoms with Crippen LogP contribution in [0.3, 0.4) is 0 Å². The molecule has 206 valence electrons. The quantitative estimate of drug-likeness (QED) is 0.188. The van der Waals surface area contributed by atoms with Gasteiger partial charge in [0, 0.05) is 12.0 Å². The number of hydrazone groups is 1. The number of benzene rings is 2. The lowest BCUT2D eigenvalue weighted by molar-refractivity contribution is -0.138. The van der Waals surface area contributed by atoms with Crippen LogP contribution in [0.5, 0.6) is 0 Å². The highest BCUT2D eigenvalue weighted by atomic mass is 35.5. The Hall–Kier alpha value is -2.73. The zero-order valence-electron chi connectivity index (χ0n) is 20.4. The first-order chi connectivity index (χ1) is 17.7. The van der Waals surface area contributed by atoms with Gasteiger partial charge < -0.3 is 0 Å². The molecule has 0 saturated carbocycles. The minimum atomic E-state index is -4.62. The molecule has 5 nitrogen and oxygen atoms in total. The number of imide groups is 1. The van der Waals surface area contributed by atoms with Gasteiger partial charge in [-0.2, -0.15) is 43.2 Å². The van der Waals surface area contributed by atoms with Crippen molar-refractivity contribution in [3.05, 3.63) is 64.2 Å². The van der Waals surface area contributed by atoms with Crippen LogP contribution in [0.15, 0.2) is 47.6 Å². The Bertz CT molecular complexity index is 1200. The van der Waals surface area contributed by atoms with Crippen molar-refractivity contribution in [3.63, 3.8) is 0 Å². The largest absolute Gasteiger partial charge is 0.417 e. The van der Waals surface area contributed by atoms with Crippen LogP contribution in [0, 0.1) is 5.41 Å². The molecule has 2 aromatic carbocycles. The Morgan fingerprint density at radius 3 is 2.32 bits per heavy atom. The van der Waals surface area contributed by atoms with Crippen molar-refractivity contribution in [3.8, 4) is 0 Å². The first kappa shape index (κ1) is 29.8. The molecule has 0 N–H and O–H groups in total. The van der Waals surface area contributed by atoms with Crippen LogP contribution in [0.4, 0.5) is 32.0 Å². The molecule has 0 radical (unpaired) electrons. The van der Waals surface area contributed by atoms with E-state index >= 15 is 0 Å². The third-order valence-electron chi connectivity index (χ3n) is 6.13. The number of anilines is 1. The van der Waals surface area contributed by atoms with Gasteiger partial charge in [0.15, 0.2) is 0 Å². The summed E-state index contributed by atoms with van der Waals surface area (Å²) in [5, 5.41) is 5.44. The molecule has 1 unspecified atom stereocenters. The number of thioether (sulfide) groups is 1. The summed E-state index contributed by atoms with van der Waals surface area (Å²) in [4.78, 5) is 25.3. The average molecular weight is 580 g/mol. The summed E-state index contributed by atoms with van der Waals surface area (Å²) in [6.07, 6.45) is -5.65. The van der Waals surface area contributed by atoms with E-state index in [0.717, 1.165) is 42.5 Å². The fourth-order valence-corrected chi connectivity index (χ4v) is 5.00. The summed E-state index contributed by atoms with van der Waals surface area (Å²) < 4.78 is 78.2. The van der Waals surface area contributed by atoms with E-state index in [9.17, 15) is 35.9 Å². The molecule has 38 heavy (non-hydrogen) atoms. The first-order valence-electron chi connectivity index (χ1n) is 11.3. The highest BCUT2D eigenvalue weighted by molar-refractivity contribution is 7.98. The van der Waals surface area contributed by atoms with E-state index < -0.39 is 39.8 Å². The number of amides is 2. The molecule has 13 heteroatoms. The third kappa shape index (κ3) is 6.82. The molecule has 0 bridgehead atoms. The van der Waals surface area contributed by atoms with Crippen molar-refractivity contribution in [2.24, 2.45) is 10.5 Å². The SMILES string of the molecule is CSCCCC1(C)CN(CC(=O)N(C=O)c2ccc(C(F)(F)F)cc2)N=C1c1ccc(C(F)(F)F)c(Cl)c1. The molecular formula is C25H24ClF6N3O2S. The normalized spacial score (nSPS) is 17.9. The Balaban J connectivity index is 1.87. The summed E-state index contributed by atoms with van der Waals surface area (Å²) in [6, 6.07) is 6.93. The second kappa shape index (κ2) is 11.6. The molecule has 2 amide bonds. The fraction of sp³-hybridized carbons (Fsp3) is 0.400. The monoisotopic (exact) mass is 579 g/mol. The van der Waals surface area contributed by atoms with Gasteiger partial charge in [-0.3, -0.25) is 19.5 Å². The van der Waals surface area contributed by atoms with Gasteiger partial charge in [0.2, 0.25) is 6.41 Å². The second-order valence-corrected chi connectivity index (χ2v) is 10.4. The molecule has 1 aliphatic heterocycles. The Morgan fingerprint density at radius 1 is 1.13 bits per heavy atom. The number of hydrogen-bond acceptors (Lipinski definition) is 5. The number of hydrogen-bond donors (Lipinski definition) is 0. The first-order valence-corrected chi connectivity index (χ1v) is 13.1. The Morgan fingerprint density at radius 2 is 1.79 bits per heavy atom. The van der Waals surface area contributed by atoms with Gasteiger partial charge in [0.25, 0.3) is 5.91 Å². The number of alkyl halides is 6. The van der Waals surface area contributed by atoms with Crippen LogP contribution in [0.1, 0.15) is 36.5 Å². The Labute approximate surface area is 224 Å². The summed E-state index contributed by atoms with van der Waals surface area (Å²) in [5.74, 6) is 0.101. The highest BCUT2D eigenvalue weighted by Gasteiger charge is 2.41. The molecule has 0 saturated heterocycles. The van der Waals surface area contributed by atoms with Crippen LogP contribution >= 0.6 is 23.4 Å². The van der Waals surface area contributed by atoms with Gasteiger partial charge in [-0.15, -0.1) is 0 Å². The minimum absolute atomic E-state index is 0.0429. The lowest BCUT2D eigenvalue weighted by Crippen LogP contribution is -2.39. The summed E-state index contributed by atoms with van der Waals surface area (Å²) >= 11 is 7.58. The number of carbonyl (C=O) groups is 2. The van der Waals surface area contributed by atoms with Crippen molar-refractivity contribution in [1.82, 2.24) is 5.01 Å². The van der Waals surface area contributed by atoms with Crippen molar-refractivity contribution >= 4 is 47.1 Å². The average Bonchev–Trinajstić information content (AvgIpc) is 3.14. The van der Waals surface area contributed by atoms with Gasteiger partial charge in [0.1, 0.15) is 6.54 Å². The molecule has 0 aliphatic carbocycles. The highest BCUT2D eigenvalue weighted by Crippen LogP contribution is 2.39. The molecule has 1 aliphatic rings. The zero-order chi connectivity index (χ0) is 28.3. The van der Waals surface area contributed by atoms with Crippen molar-refractivity contribution in [2.45, 2.75) is 32.1 Å². The van der Waals surface area contributed by atoms with Crippen molar-refractivity contribution in [1.29, 1.82) is 0 Å². The van der Waals surface area contributed by atoms with E-state index in [4.69, 9.17) is 11.6 Å². The topological polar surface area (TPSA) is 53.0 Å². The third-order valence-corrected chi connectivity index (χ3v) is 7.14. The minimum Gasteiger partial charge on any atom is -0.286 e. The maximum absolute atomic E-state index is 13.2. The van der Waals surface area contributed by atoms with E-state index in [0.29, 0.717) is 22.6 Å². The van der Waals surface area contributed by atoms with Crippen LogP contribution in [0.2, 0.25) is 5.02 Å². The molecule has 2 aromatic rings. The lowest BCUT2D eigenvalue weighted by Gasteiger charge is -2.27. The van der Waals surface area contributed by atoms with E-state index in [1.54, 1.807) is 11.8 Å². The van der Waals surface area contributed by atoms with Gasteiger partial charge in [-0.1, -0.05) is 24.6 Å². The van der Waals surface area contributed by atoms with Gasteiger partial charge in [-0.25, -0.2) is 0 Å². The predicted molar refractivity (Wildman–Crippen MR) is 135 cm³/mol. The molecule has 0 spiro atoms. The summed E-state index contributed by atoms with van der Waals surface area (Å²) in [5.41, 5.74) is -1.76. The maximum atomic E-state index is 13.2. The van der Waals surface area contributed by atoms with Gasteiger partial charge in [-0.05, 0) is 66.8 Å². The van der Waals surface area contributed by atoms with Gasteiger partial charge >= 0.3 is 12.4 Å². The maximum Gasteiger partial charge on any atom is 0.417 e. The van der Waals surface area contributed by atoms with Crippen molar-refractivity contribution < 1.29 is 35.9 Å². The van der Waals surface area contributed by atoms with E-state index in [-0.39, 0.29) is 25.2 Å². The molecular weight excluding hydrogens is 556 g/mol. The number of carbonyl (C=O) groups excluding carboxylic acids is 2. The molecule has 1 atom stereocenters. The van der Waals surface area contributed by atoms with Crippen molar-refractivity contribution in [2.75, 3.05) is 30.0 Å². The van der Waals surface area contributed by atoms with Crippen LogP contribution in [-0.2, 0) is 21.9 Å². The van der Waals surface area contributed by atoms with Gasteiger partial charge in [0.05, 0.1) is 27.5 Å².